The van der Waals surface area contributed by atoms with Crippen LogP contribution in [0.2, 0.25) is 0 Å². The van der Waals surface area contributed by atoms with E-state index < -0.39 is 0 Å². The molecule has 4 heteroatoms. The van der Waals surface area contributed by atoms with Crippen molar-refractivity contribution in [3.05, 3.63) is 24.0 Å². The van der Waals surface area contributed by atoms with Gasteiger partial charge in [-0.2, -0.15) is 0 Å². The van der Waals surface area contributed by atoms with Gasteiger partial charge < -0.3 is 15.5 Å². The zero-order chi connectivity index (χ0) is 13.0. The summed E-state index contributed by atoms with van der Waals surface area (Å²) in [6, 6.07) is 4.17. The molecule has 0 aromatic carbocycles. The second kappa shape index (κ2) is 6.16. The number of pyridine rings is 1. The van der Waals surface area contributed by atoms with Crippen LogP contribution in [0.4, 0.5) is 5.69 Å². The molecule has 1 fully saturated rings. The van der Waals surface area contributed by atoms with Crippen LogP contribution in [-0.2, 0) is 6.54 Å². The second-order valence-corrected chi connectivity index (χ2v) is 5.40. The summed E-state index contributed by atoms with van der Waals surface area (Å²) in [6.45, 7) is 4.01. The maximum absolute atomic E-state index is 5.56. The Bertz CT molecular complexity index is 353. The maximum Gasteiger partial charge on any atom is 0.0552 e. The number of nitrogens with zero attached hydrogens (tertiary/aromatic N) is 3. The Kier molecular flexibility index (Phi) is 4.55. The highest BCUT2D eigenvalue weighted by atomic mass is 15.1. The first kappa shape index (κ1) is 13.3. The fraction of sp³-hybridized carbons (Fsp3) is 0.643. The molecule has 1 aliphatic rings. The van der Waals surface area contributed by atoms with Crippen molar-refractivity contribution in [2.45, 2.75) is 19.4 Å². The maximum atomic E-state index is 5.56. The molecule has 0 amide bonds. The summed E-state index contributed by atoms with van der Waals surface area (Å²) in [6.07, 6.45) is 4.50. The molecule has 1 aromatic heterocycles. The first-order valence-corrected chi connectivity index (χ1v) is 6.73. The van der Waals surface area contributed by atoms with Gasteiger partial charge in [-0.25, -0.2) is 0 Å². The summed E-state index contributed by atoms with van der Waals surface area (Å²) in [4.78, 5) is 9.08. The van der Waals surface area contributed by atoms with E-state index in [2.05, 4.69) is 34.9 Å². The number of aromatic nitrogens is 1. The molecule has 0 saturated carbocycles. The van der Waals surface area contributed by atoms with E-state index in [4.69, 9.17) is 5.73 Å². The van der Waals surface area contributed by atoms with Gasteiger partial charge in [0.15, 0.2) is 0 Å². The Morgan fingerprint density at radius 3 is 2.56 bits per heavy atom. The SMILES string of the molecule is CN(C)CC1CCN(c2ccc(CN)nc2)CC1. The van der Waals surface area contributed by atoms with Gasteiger partial charge in [0.2, 0.25) is 0 Å². The highest BCUT2D eigenvalue weighted by molar-refractivity contribution is 5.44. The molecule has 1 aromatic rings. The molecule has 4 nitrogen and oxygen atoms in total. The van der Waals surface area contributed by atoms with E-state index in [1.54, 1.807) is 0 Å². The fourth-order valence-corrected chi connectivity index (χ4v) is 2.61. The van der Waals surface area contributed by atoms with Crippen LogP contribution >= 0.6 is 0 Å². The normalized spacial score (nSPS) is 17.4. The number of piperidine rings is 1. The summed E-state index contributed by atoms with van der Waals surface area (Å²) in [5.41, 5.74) is 7.75. The smallest absolute Gasteiger partial charge is 0.0552 e. The molecule has 1 aliphatic heterocycles. The van der Waals surface area contributed by atoms with Gasteiger partial charge in [0.05, 0.1) is 17.6 Å². The number of rotatable bonds is 4. The predicted molar refractivity (Wildman–Crippen MR) is 75.6 cm³/mol. The zero-order valence-corrected chi connectivity index (χ0v) is 11.5. The lowest BCUT2D eigenvalue weighted by molar-refractivity contribution is 0.285. The highest BCUT2D eigenvalue weighted by Gasteiger charge is 2.19. The Balaban J connectivity index is 1.88. The molecule has 0 bridgehead atoms. The number of nitrogens with two attached hydrogens (primary N) is 1. The summed E-state index contributed by atoms with van der Waals surface area (Å²) in [5, 5.41) is 0. The third-order valence-electron chi connectivity index (χ3n) is 3.62. The topological polar surface area (TPSA) is 45.4 Å². The van der Waals surface area contributed by atoms with Crippen molar-refractivity contribution in [2.75, 3.05) is 38.6 Å². The first-order chi connectivity index (χ1) is 8.69. The van der Waals surface area contributed by atoms with Gasteiger partial charge in [-0.1, -0.05) is 0 Å². The third kappa shape index (κ3) is 3.43. The van der Waals surface area contributed by atoms with Gasteiger partial charge in [0, 0.05) is 26.2 Å². The zero-order valence-electron chi connectivity index (χ0n) is 11.5. The molecule has 0 atom stereocenters. The molecule has 100 valence electrons. The molecule has 0 radical (unpaired) electrons. The average Bonchev–Trinajstić information content (AvgIpc) is 2.39. The van der Waals surface area contributed by atoms with Crippen molar-refractivity contribution < 1.29 is 0 Å². The number of anilines is 1. The molecule has 18 heavy (non-hydrogen) atoms. The Labute approximate surface area is 110 Å². The van der Waals surface area contributed by atoms with E-state index in [9.17, 15) is 0 Å². The molecule has 0 spiro atoms. The minimum Gasteiger partial charge on any atom is -0.370 e. The number of hydrogen-bond acceptors (Lipinski definition) is 4. The van der Waals surface area contributed by atoms with Gasteiger partial charge >= 0.3 is 0 Å². The monoisotopic (exact) mass is 248 g/mol. The minimum absolute atomic E-state index is 0.519. The second-order valence-electron chi connectivity index (χ2n) is 5.40. The van der Waals surface area contributed by atoms with Gasteiger partial charge in [-0.15, -0.1) is 0 Å². The van der Waals surface area contributed by atoms with Gasteiger partial charge in [-0.3, -0.25) is 4.98 Å². The molecule has 2 N–H and O–H groups in total. The van der Waals surface area contributed by atoms with Crippen molar-refractivity contribution in [3.63, 3.8) is 0 Å². The van der Waals surface area contributed by atoms with Crippen LogP contribution in [0.25, 0.3) is 0 Å². The van der Waals surface area contributed by atoms with E-state index in [0.717, 1.165) is 24.7 Å². The van der Waals surface area contributed by atoms with Crippen molar-refractivity contribution in [3.8, 4) is 0 Å². The fourth-order valence-electron chi connectivity index (χ4n) is 2.61. The van der Waals surface area contributed by atoms with E-state index in [1.165, 1.54) is 25.1 Å². The predicted octanol–water partition coefficient (Wildman–Crippen LogP) is 1.32. The first-order valence-electron chi connectivity index (χ1n) is 6.73. The summed E-state index contributed by atoms with van der Waals surface area (Å²) in [5.74, 6) is 0.840. The van der Waals surface area contributed by atoms with Crippen molar-refractivity contribution in [2.24, 2.45) is 11.7 Å². The van der Waals surface area contributed by atoms with Crippen LogP contribution in [0.3, 0.4) is 0 Å². The lowest BCUT2D eigenvalue weighted by atomic mass is 9.96. The average molecular weight is 248 g/mol. The van der Waals surface area contributed by atoms with E-state index in [0.29, 0.717) is 6.54 Å². The van der Waals surface area contributed by atoms with E-state index in [1.807, 2.05) is 12.3 Å². The van der Waals surface area contributed by atoms with Crippen molar-refractivity contribution in [1.82, 2.24) is 9.88 Å². The van der Waals surface area contributed by atoms with E-state index >= 15 is 0 Å². The molecule has 2 rings (SSSR count). The molecular weight excluding hydrogens is 224 g/mol. The molecular formula is C14H24N4. The standard InChI is InChI=1S/C14H24N4/c1-17(2)11-12-5-7-18(8-6-12)14-4-3-13(9-15)16-10-14/h3-4,10,12H,5-9,11,15H2,1-2H3. The molecule has 0 unspecified atom stereocenters. The third-order valence-corrected chi connectivity index (χ3v) is 3.62. The molecule has 1 saturated heterocycles. The highest BCUT2D eigenvalue weighted by Crippen LogP contribution is 2.23. The lowest BCUT2D eigenvalue weighted by Gasteiger charge is -2.34. The largest absolute Gasteiger partial charge is 0.370 e. The lowest BCUT2D eigenvalue weighted by Crippen LogP contribution is -2.37. The summed E-state index contributed by atoms with van der Waals surface area (Å²) >= 11 is 0. The van der Waals surface area contributed by atoms with Crippen LogP contribution in [0.15, 0.2) is 18.3 Å². The van der Waals surface area contributed by atoms with Gasteiger partial charge in [0.25, 0.3) is 0 Å². The molecule has 2 heterocycles. The van der Waals surface area contributed by atoms with Gasteiger partial charge in [-0.05, 0) is 45.0 Å². The van der Waals surface area contributed by atoms with Crippen molar-refractivity contribution >= 4 is 5.69 Å². The van der Waals surface area contributed by atoms with Crippen LogP contribution in [0.1, 0.15) is 18.5 Å². The Hall–Kier alpha value is -1.13. The summed E-state index contributed by atoms with van der Waals surface area (Å²) in [7, 11) is 4.31. The van der Waals surface area contributed by atoms with Crippen molar-refractivity contribution in [1.29, 1.82) is 0 Å². The van der Waals surface area contributed by atoms with E-state index in [-0.39, 0.29) is 0 Å². The quantitative estimate of drug-likeness (QED) is 0.873. The van der Waals surface area contributed by atoms with Crippen LogP contribution in [0, 0.1) is 5.92 Å². The molecule has 0 aliphatic carbocycles. The summed E-state index contributed by atoms with van der Waals surface area (Å²) < 4.78 is 0. The Morgan fingerprint density at radius 2 is 2.06 bits per heavy atom. The van der Waals surface area contributed by atoms with Crippen LogP contribution in [-0.4, -0.2) is 43.6 Å². The number of hydrogen-bond donors (Lipinski definition) is 1. The Morgan fingerprint density at radius 1 is 1.33 bits per heavy atom. The van der Waals surface area contributed by atoms with Crippen LogP contribution in [0.5, 0.6) is 0 Å². The van der Waals surface area contributed by atoms with Crippen LogP contribution < -0.4 is 10.6 Å². The van der Waals surface area contributed by atoms with Gasteiger partial charge in [0.1, 0.15) is 0 Å². The minimum atomic E-state index is 0.519.